The molecule has 0 rings (SSSR count). The number of hydrogen-bond donors (Lipinski definition) is 0. The summed E-state index contributed by atoms with van der Waals surface area (Å²) in [7, 11) is 0. The zero-order valence-corrected chi connectivity index (χ0v) is 20.9. The van der Waals surface area contributed by atoms with Crippen molar-refractivity contribution >= 4 is 19.8 Å². The molecule has 0 aromatic rings. The van der Waals surface area contributed by atoms with Crippen molar-refractivity contribution in [3.05, 3.63) is 0 Å². The summed E-state index contributed by atoms with van der Waals surface area (Å²) in [4.78, 5) is 0. The van der Waals surface area contributed by atoms with Gasteiger partial charge in [-0.3, -0.25) is 0 Å². The van der Waals surface area contributed by atoms with Crippen molar-refractivity contribution in [2.45, 2.75) is 0 Å². The Hall–Kier alpha value is 5.80. The minimum absolute atomic E-state index is 0. The predicted octanol–water partition coefficient (Wildman–Crippen LogP) is -10.3. The van der Waals surface area contributed by atoms with Gasteiger partial charge in [-0.25, -0.2) is 0 Å². The molecule has 16 valence electrons. The van der Waals surface area contributed by atoms with Gasteiger partial charge in [-0.1, -0.05) is 0 Å². The number of hydrogen-bond acceptors (Lipinski definition) is 0. The van der Waals surface area contributed by atoms with Crippen LogP contribution in [-0.4, -0.2) is 0 Å². The van der Waals surface area contributed by atoms with Crippen molar-refractivity contribution in [1.82, 2.24) is 0 Å². The van der Waals surface area contributed by atoms with Crippen LogP contribution in [0.15, 0.2) is 0 Å². The molecule has 0 saturated heterocycles. The molecule has 0 unspecified atom stereocenters. The van der Waals surface area contributed by atoms with Crippen LogP contribution >= 0.6 is 19.8 Å². The van der Waals surface area contributed by atoms with Crippen molar-refractivity contribution in [3.63, 3.8) is 0 Å². The fraction of sp³-hybridized carbons (Fsp3) is 0. The molecule has 0 spiro atoms. The van der Waals surface area contributed by atoms with Gasteiger partial charge in [0.15, 0.2) is 0 Å². The Morgan fingerprint density at radius 1 is 0.429 bits per heavy atom. The molecule has 0 amide bonds. The summed E-state index contributed by atoms with van der Waals surface area (Å²) in [5.74, 6) is 0. The molecule has 7 heavy (non-hydrogen) atoms. The van der Waals surface area contributed by atoms with Gasteiger partial charge < -0.3 is 19.8 Å². The smallest absolute Gasteiger partial charge is 2.00 e. The molecule has 0 bridgehead atoms. The third kappa shape index (κ3) is 33.7. The molecule has 0 N–H and O–H groups in total. The van der Waals surface area contributed by atoms with Gasteiger partial charge in [0, 0.05) is 0 Å². The maximum Gasteiger partial charge on any atom is 2.00 e. The molecule has 0 heterocycles. The molecule has 0 aliphatic carbocycles. The fourth-order valence-electron chi connectivity index (χ4n) is 0. The average molecular weight is 354 g/mol. The SMILES string of the molecule is [Hg+2].[Na+].[Na+].[Na+].[Na+].[P-3].[P-3]. The Morgan fingerprint density at radius 2 is 0.429 bits per heavy atom. The molecule has 0 aromatic carbocycles. The summed E-state index contributed by atoms with van der Waals surface area (Å²) in [6.45, 7) is 0. The summed E-state index contributed by atoms with van der Waals surface area (Å²) >= 11 is 0. The van der Waals surface area contributed by atoms with Crippen LogP contribution in [0.5, 0.6) is 0 Å². The first-order valence-electron chi connectivity index (χ1n) is 0. The maximum absolute atomic E-state index is 0. The van der Waals surface area contributed by atoms with E-state index < -0.39 is 0 Å². The maximum atomic E-state index is 0. The second kappa shape index (κ2) is 40.9. The average Bonchev–Trinajstić information content (AvgIpc) is 0. The van der Waals surface area contributed by atoms with E-state index in [0.717, 1.165) is 0 Å². The first kappa shape index (κ1) is 53.0. The van der Waals surface area contributed by atoms with Crippen LogP contribution < -0.4 is 118 Å². The van der Waals surface area contributed by atoms with Crippen LogP contribution in [0.1, 0.15) is 0 Å². The van der Waals surface area contributed by atoms with Crippen LogP contribution in [0.25, 0.3) is 0 Å². The minimum atomic E-state index is 0. The van der Waals surface area contributed by atoms with E-state index in [2.05, 4.69) is 0 Å². The first-order chi connectivity index (χ1) is 0. The molecular weight excluding hydrogens is 354 g/mol. The van der Waals surface area contributed by atoms with Gasteiger partial charge in [0.25, 0.3) is 0 Å². The Balaban J connectivity index is 0. The molecule has 0 saturated carbocycles. The van der Waals surface area contributed by atoms with Crippen molar-refractivity contribution < 1.29 is 146 Å². The standard InChI is InChI=1S/Hg.4Na.2P/q+2;4*+1;2*-3. The van der Waals surface area contributed by atoms with Crippen LogP contribution in [0.3, 0.4) is 0 Å². The van der Waals surface area contributed by atoms with Gasteiger partial charge in [0.2, 0.25) is 0 Å². The van der Waals surface area contributed by atoms with E-state index in [1.165, 1.54) is 0 Å². The summed E-state index contributed by atoms with van der Waals surface area (Å²) in [5, 5.41) is 0. The number of rotatable bonds is 0. The quantitative estimate of drug-likeness (QED) is 0.299. The zero-order chi connectivity index (χ0) is 0. The van der Waals surface area contributed by atoms with Crippen LogP contribution in [0, 0.1) is 0 Å². The van der Waals surface area contributed by atoms with E-state index in [0.29, 0.717) is 0 Å². The van der Waals surface area contributed by atoms with Crippen molar-refractivity contribution in [3.8, 4) is 0 Å². The van der Waals surface area contributed by atoms with Gasteiger partial charge in [-0.15, -0.1) is 0 Å². The molecule has 0 atom stereocenters. The topological polar surface area (TPSA) is 0 Å². The van der Waals surface area contributed by atoms with Crippen LogP contribution in [-0.2, 0) is 27.7 Å². The van der Waals surface area contributed by atoms with Crippen molar-refractivity contribution in [1.29, 1.82) is 0 Å². The van der Waals surface area contributed by atoms with Crippen molar-refractivity contribution in [2.75, 3.05) is 0 Å². The third-order valence-corrected chi connectivity index (χ3v) is 0. The van der Waals surface area contributed by atoms with Gasteiger partial charge in [0.1, 0.15) is 0 Å². The van der Waals surface area contributed by atoms with E-state index in [4.69, 9.17) is 0 Å². The molecule has 0 aromatic heterocycles. The van der Waals surface area contributed by atoms with E-state index in [1.54, 1.807) is 0 Å². The molecule has 7 heteroatoms. The summed E-state index contributed by atoms with van der Waals surface area (Å²) in [6.07, 6.45) is 0. The second-order valence-electron chi connectivity index (χ2n) is 0. The molecular formula is HgNa4P2. The van der Waals surface area contributed by atoms with Gasteiger partial charge >= 0.3 is 146 Å². The Bertz CT molecular complexity index is 9.65. The molecule has 0 fully saturated rings. The van der Waals surface area contributed by atoms with E-state index >= 15 is 0 Å². The molecule has 0 nitrogen and oxygen atoms in total. The zero-order valence-electron chi connectivity index (χ0n) is 5.60. The Labute approximate surface area is 161 Å². The predicted molar refractivity (Wildman–Crippen MR) is 13.8 cm³/mol. The fourth-order valence-corrected chi connectivity index (χ4v) is 0. The largest absolute Gasteiger partial charge is 3.00 e. The van der Waals surface area contributed by atoms with E-state index in [9.17, 15) is 0 Å². The van der Waals surface area contributed by atoms with Crippen molar-refractivity contribution in [2.24, 2.45) is 0 Å². The monoisotopic (exact) mass is 356 g/mol. The van der Waals surface area contributed by atoms with E-state index in [-0.39, 0.29) is 166 Å². The Morgan fingerprint density at radius 3 is 0.429 bits per heavy atom. The third-order valence-electron chi connectivity index (χ3n) is 0. The van der Waals surface area contributed by atoms with Gasteiger partial charge in [0.05, 0.1) is 0 Å². The van der Waals surface area contributed by atoms with Gasteiger partial charge in [-0.2, -0.15) is 0 Å². The summed E-state index contributed by atoms with van der Waals surface area (Å²) < 4.78 is 0. The van der Waals surface area contributed by atoms with Crippen LogP contribution in [0.4, 0.5) is 0 Å². The molecule has 0 aliphatic rings. The Kier molecular flexibility index (Phi) is 310. The van der Waals surface area contributed by atoms with Gasteiger partial charge in [-0.05, 0) is 0 Å². The minimum Gasteiger partial charge on any atom is -3.00 e. The molecule has 0 aliphatic heterocycles. The molecule has 0 radical (unpaired) electrons. The first-order valence-corrected chi connectivity index (χ1v) is 0. The van der Waals surface area contributed by atoms with Crippen LogP contribution in [0.2, 0.25) is 0 Å². The summed E-state index contributed by atoms with van der Waals surface area (Å²) in [5.41, 5.74) is 0. The normalized spacial score (nSPS) is 0. The second-order valence-corrected chi connectivity index (χ2v) is 0. The summed E-state index contributed by atoms with van der Waals surface area (Å²) in [6, 6.07) is 0. The van der Waals surface area contributed by atoms with E-state index in [1.807, 2.05) is 0 Å².